The third-order valence-electron chi connectivity index (χ3n) is 3.89. The van der Waals surface area contributed by atoms with Crippen molar-refractivity contribution in [1.82, 2.24) is 4.90 Å². The highest BCUT2D eigenvalue weighted by Crippen LogP contribution is 2.37. The summed E-state index contributed by atoms with van der Waals surface area (Å²) in [6.45, 7) is -1.40. The summed E-state index contributed by atoms with van der Waals surface area (Å²) in [5.74, 6) is -0.752. The molecule has 0 saturated heterocycles. The maximum atomic E-state index is 13.0. The number of benzene rings is 2. The van der Waals surface area contributed by atoms with Gasteiger partial charge in [0.25, 0.3) is 5.91 Å². The predicted octanol–water partition coefficient (Wildman–Crippen LogP) is 3.53. The first-order chi connectivity index (χ1) is 11.8. The minimum absolute atomic E-state index is 0.109. The SMILES string of the molecule is COc1cc([C@@H]2Nc3ccccc3C(=O)N2CC(F)(F)F)ccc1O. The summed E-state index contributed by atoms with van der Waals surface area (Å²) in [5.41, 5.74) is 0.985. The lowest BCUT2D eigenvalue weighted by atomic mass is 10.0. The van der Waals surface area contributed by atoms with Crippen LogP contribution >= 0.6 is 0 Å². The molecule has 5 nitrogen and oxygen atoms in total. The van der Waals surface area contributed by atoms with E-state index in [2.05, 4.69) is 5.32 Å². The van der Waals surface area contributed by atoms with Crippen LogP contribution in [0.3, 0.4) is 0 Å². The third kappa shape index (κ3) is 3.33. The van der Waals surface area contributed by atoms with Crippen molar-refractivity contribution >= 4 is 11.6 Å². The number of phenolic OH excluding ortho intramolecular Hbond substituents is 1. The fourth-order valence-corrected chi connectivity index (χ4v) is 2.78. The third-order valence-corrected chi connectivity index (χ3v) is 3.89. The number of para-hydroxylation sites is 1. The Kier molecular flexibility index (Phi) is 4.20. The number of hydrogen-bond acceptors (Lipinski definition) is 4. The number of carbonyl (C=O) groups is 1. The van der Waals surface area contributed by atoms with Crippen LogP contribution in [0.25, 0.3) is 0 Å². The van der Waals surface area contributed by atoms with Crippen LogP contribution < -0.4 is 10.1 Å². The highest BCUT2D eigenvalue weighted by atomic mass is 19.4. The number of methoxy groups -OCH3 is 1. The molecule has 2 N–H and O–H groups in total. The van der Waals surface area contributed by atoms with Crippen molar-refractivity contribution in [3.8, 4) is 11.5 Å². The average molecular weight is 352 g/mol. The molecule has 0 unspecified atom stereocenters. The quantitative estimate of drug-likeness (QED) is 0.887. The zero-order chi connectivity index (χ0) is 18.2. The topological polar surface area (TPSA) is 61.8 Å². The lowest BCUT2D eigenvalue weighted by molar-refractivity contribution is -0.144. The van der Waals surface area contributed by atoms with Crippen LogP contribution in [0.5, 0.6) is 11.5 Å². The van der Waals surface area contributed by atoms with Crippen LogP contribution in [0.4, 0.5) is 18.9 Å². The van der Waals surface area contributed by atoms with Crippen LogP contribution in [0.15, 0.2) is 42.5 Å². The summed E-state index contributed by atoms with van der Waals surface area (Å²) in [5, 5.41) is 12.6. The molecule has 1 aliphatic rings. The standard InChI is InChI=1S/C17H15F3N2O3/c1-25-14-8-10(6-7-13(14)23)15-21-12-5-3-2-4-11(12)16(24)22(15)9-17(18,19)20/h2-8,15,21,23H,9H2,1H3/t15-/m1/s1. The van der Waals surface area contributed by atoms with Crippen molar-refractivity contribution < 1.29 is 27.8 Å². The second-order valence-corrected chi connectivity index (χ2v) is 5.57. The summed E-state index contributed by atoms with van der Waals surface area (Å²) in [4.78, 5) is 13.3. The molecule has 3 rings (SSSR count). The largest absolute Gasteiger partial charge is 0.504 e. The number of nitrogens with zero attached hydrogens (tertiary/aromatic N) is 1. The molecule has 0 spiro atoms. The Balaban J connectivity index is 2.07. The van der Waals surface area contributed by atoms with Crippen molar-refractivity contribution in [3.05, 3.63) is 53.6 Å². The normalized spacial score (nSPS) is 17.0. The number of aromatic hydroxyl groups is 1. The molecule has 25 heavy (non-hydrogen) atoms. The molecule has 0 fully saturated rings. The van der Waals surface area contributed by atoms with Crippen molar-refractivity contribution in [3.63, 3.8) is 0 Å². The maximum absolute atomic E-state index is 13.0. The Morgan fingerprint density at radius 3 is 2.64 bits per heavy atom. The molecule has 1 aliphatic heterocycles. The number of nitrogens with one attached hydrogen (secondary N) is 1. The van der Waals surface area contributed by atoms with E-state index in [1.54, 1.807) is 18.2 Å². The van der Waals surface area contributed by atoms with Gasteiger partial charge in [-0.05, 0) is 29.8 Å². The smallest absolute Gasteiger partial charge is 0.406 e. The summed E-state index contributed by atoms with van der Waals surface area (Å²) in [6, 6.07) is 10.5. The van der Waals surface area contributed by atoms with E-state index < -0.39 is 24.8 Å². The summed E-state index contributed by atoms with van der Waals surface area (Å²) in [7, 11) is 1.33. The molecule has 8 heteroatoms. The van der Waals surface area contributed by atoms with E-state index in [9.17, 15) is 23.1 Å². The lowest BCUT2D eigenvalue weighted by Gasteiger charge is -2.38. The molecular weight excluding hydrogens is 337 g/mol. The Morgan fingerprint density at radius 1 is 1.24 bits per heavy atom. The van der Waals surface area contributed by atoms with E-state index in [0.29, 0.717) is 16.2 Å². The van der Waals surface area contributed by atoms with Gasteiger partial charge in [-0.25, -0.2) is 0 Å². The van der Waals surface area contributed by atoms with Gasteiger partial charge in [-0.15, -0.1) is 0 Å². The van der Waals surface area contributed by atoms with Gasteiger partial charge in [0.05, 0.1) is 12.7 Å². The summed E-state index contributed by atoms with van der Waals surface area (Å²) in [6.07, 6.45) is -5.60. The zero-order valence-electron chi connectivity index (χ0n) is 13.2. The first-order valence-electron chi connectivity index (χ1n) is 7.40. The highest BCUT2D eigenvalue weighted by molar-refractivity contribution is 6.01. The summed E-state index contributed by atoms with van der Waals surface area (Å²) >= 11 is 0. The fraction of sp³-hybridized carbons (Fsp3) is 0.235. The van der Waals surface area contributed by atoms with Crippen LogP contribution in [0, 0.1) is 0 Å². The molecule has 1 heterocycles. The molecule has 0 saturated carbocycles. The van der Waals surface area contributed by atoms with Crippen LogP contribution in [0.1, 0.15) is 22.1 Å². The minimum atomic E-state index is -4.55. The number of ether oxygens (including phenoxy) is 1. The van der Waals surface area contributed by atoms with Crippen LogP contribution in [0.2, 0.25) is 0 Å². The molecule has 1 atom stereocenters. The molecular formula is C17H15F3N2O3. The van der Waals surface area contributed by atoms with E-state index in [1.165, 1.54) is 31.4 Å². The number of rotatable bonds is 3. The molecule has 0 radical (unpaired) electrons. The van der Waals surface area contributed by atoms with Crippen molar-refractivity contribution in [2.75, 3.05) is 19.0 Å². The first-order valence-corrected chi connectivity index (χ1v) is 7.40. The minimum Gasteiger partial charge on any atom is -0.504 e. The fourth-order valence-electron chi connectivity index (χ4n) is 2.78. The molecule has 0 aromatic heterocycles. The zero-order valence-corrected chi connectivity index (χ0v) is 13.2. The molecule has 0 bridgehead atoms. The van der Waals surface area contributed by atoms with E-state index in [4.69, 9.17) is 4.74 Å². The molecule has 2 aromatic carbocycles. The Morgan fingerprint density at radius 2 is 1.96 bits per heavy atom. The van der Waals surface area contributed by atoms with Gasteiger partial charge < -0.3 is 20.1 Å². The number of anilines is 1. The first kappa shape index (κ1) is 16.9. The Bertz CT molecular complexity index is 808. The van der Waals surface area contributed by atoms with E-state index >= 15 is 0 Å². The number of hydrogen-bond donors (Lipinski definition) is 2. The van der Waals surface area contributed by atoms with Gasteiger partial charge in [0, 0.05) is 5.69 Å². The molecule has 1 amide bonds. The number of fused-ring (bicyclic) bond motifs is 1. The van der Waals surface area contributed by atoms with E-state index in [0.717, 1.165) is 0 Å². The Hall–Kier alpha value is -2.90. The van der Waals surface area contributed by atoms with Crippen molar-refractivity contribution in [2.45, 2.75) is 12.3 Å². The number of alkyl halides is 3. The predicted molar refractivity (Wildman–Crippen MR) is 84.6 cm³/mol. The van der Waals surface area contributed by atoms with Crippen molar-refractivity contribution in [1.29, 1.82) is 0 Å². The van der Waals surface area contributed by atoms with Crippen LogP contribution in [-0.4, -0.2) is 35.7 Å². The number of amides is 1. The van der Waals surface area contributed by atoms with Crippen LogP contribution in [-0.2, 0) is 0 Å². The summed E-state index contributed by atoms with van der Waals surface area (Å²) < 4.78 is 44.0. The molecule has 132 valence electrons. The van der Waals surface area contributed by atoms with E-state index in [1.807, 2.05) is 0 Å². The number of phenols is 1. The van der Waals surface area contributed by atoms with Gasteiger partial charge in [-0.2, -0.15) is 13.2 Å². The maximum Gasteiger partial charge on any atom is 0.406 e. The number of carbonyl (C=O) groups excluding carboxylic acids is 1. The lowest BCUT2D eigenvalue weighted by Crippen LogP contribution is -2.47. The second-order valence-electron chi connectivity index (χ2n) is 5.57. The van der Waals surface area contributed by atoms with Crippen molar-refractivity contribution in [2.24, 2.45) is 0 Å². The Labute approximate surface area is 141 Å². The van der Waals surface area contributed by atoms with Gasteiger partial charge in [0.15, 0.2) is 11.5 Å². The van der Waals surface area contributed by atoms with Gasteiger partial charge >= 0.3 is 6.18 Å². The monoisotopic (exact) mass is 352 g/mol. The van der Waals surface area contributed by atoms with Gasteiger partial charge in [-0.1, -0.05) is 18.2 Å². The average Bonchev–Trinajstić information content (AvgIpc) is 2.57. The molecule has 2 aromatic rings. The van der Waals surface area contributed by atoms with Gasteiger partial charge in [-0.3, -0.25) is 4.79 Å². The second kappa shape index (κ2) is 6.19. The van der Waals surface area contributed by atoms with Gasteiger partial charge in [0.2, 0.25) is 0 Å². The van der Waals surface area contributed by atoms with Gasteiger partial charge in [0.1, 0.15) is 12.7 Å². The van der Waals surface area contributed by atoms with E-state index in [-0.39, 0.29) is 17.1 Å². The number of halogens is 3. The highest BCUT2D eigenvalue weighted by Gasteiger charge is 2.40. The molecule has 0 aliphatic carbocycles.